The molecule has 0 amide bonds. The Balaban J connectivity index is 1.25. The summed E-state index contributed by atoms with van der Waals surface area (Å²) in [5.41, 5.74) is 13.1. The predicted molar refractivity (Wildman–Crippen MR) is 201 cm³/mol. The highest BCUT2D eigenvalue weighted by molar-refractivity contribution is 6.00. The highest BCUT2D eigenvalue weighted by Crippen LogP contribution is 2.46. The Morgan fingerprint density at radius 2 is 0.766 bits per heavy atom. The summed E-state index contributed by atoms with van der Waals surface area (Å²) in [6.45, 7) is 0. The van der Waals surface area contributed by atoms with Crippen LogP contribution in [0.5, 0.6) is 0 Å². The Hall–Kier alpha value is -6.18. The molecule has 1 aliphatic heterocycles. The van der Waals surface area contributed by atoms with E-state index in [0.717, 1.165) is 17.1 Å². The van der Waals surface area contributed by atoms with E-state index in [4.69, 9.17) is 0 Å². The Bertz CT molecular complexity index is 2460. The van der Waals surface area contributed by atoms with Crippen LogP contribution in [0, 0.1) is 0 Å². The molecular formula is C46H31N. The maximum absolute atomic E-state index is 2.43. The minimum absolute atomic E-state index is 1.13. The van der Waals surface area contributed by atoms with Crippen LogP contribution in [0.3, 0.4) is 0 Å². The van der Waals surface area contributed by atoms with Crippen molar-refractivity contribution in [2.24, 2.45) is 0 Å². The van der Waals surface area contributed by atoms with Crippen LogP contribution < -0.4 is 4.90 Å². The molecule has 47 heavy (non-hydrogen) atoms. The molecular weight excluding hydrogens is 567 g/mol. The van der Waals surface area contributed by atoms with Crippen molar-refractivity contribution in [2.75, 3.05) is 4.90 Å². The lowest BCUT2D eigenvalue weighted by atomic mass is 9.90. The number of para-hydroxylation sites is 1. The molecule has 0 saturated carbocycles. The van der Waals surface area contributed by atoms with E-state index in [1.165, 1.54) is 66.1 Å². The third-order valence-electron chi connectivity index (χ3n) is 9.36. The van der Waals surface area contributed by atoms with Gasteiger partial charge in [-0.05, 0) is 109 Å². The fourth-order valence-electron chi connectivity index (χ4n) is 6.97. The quantitative estimate of drug-likeness (QED) is 0.195. The van der Waals surface area contributed by atoms with Gasteiger partial charge in [0.2, 0.25) is 0 Å². The lowest BCUT2D eigenvalue weighted by molar-refractivity contribution is 1.28. The summed E-state index contributed by atoms with van der Waals surface area (Å²) < 4.78 is 0. The lowest BCUT2D eigenvalue weighted by Gasteiger charge is -2.28. The van der Waals surface area contributed by atoms with Crippen LogP contribution in [-0.4, -0.2) is 0 Å². The van der Waals surface area contributed by atoms with Gasteiger partial charge in [0.05, 0.1) is 11.4 Å². The van der Waals surface area contributed by atoms with Crippen LogP contribution in [-0.2, 0) is 0 Å². The molecule has 8 aromatic rings. The second-order valence-corrected chi connectivity index (χ2v) is 12.2. The van der Waals surface area contributed by atoms with E-state index >= 15 is 0 Å². The fraction of sp³-hybridized carbons (Fsp3) is 0. The lowest BCUT2D eigenvalue weighted by Crippen LogP contribution is -2.12. The van der Waals surface area contributed by atoms with Crippen LogP contribution in [0.1, 0.15) is 11.1 Å². The molecule has 0 fully saturated rings. The summed E-state index contributed by atoms with van der Waals surface area (Å²) in [6, 6.07) is 64.0. The van der Waals surface area contributed by atoms with E-state index in [-0.39, 0.29) is 0 Å². The second-order valence-electron chi connectivity index (χ2n) is 12.2. The van der Waals surface area contributed by atoms with Gasteiger partial charge in [-0.2, -0.15) is 0 Å². The average molecular weight is 598 g/mol. The van der Waals surface area contributed by atoms with Gasteiger partial charge in [0.1, 0.15) is 0 Å². The van der Waals surface area contributed by atoms with E-state index in [1.807, 2.05) is 0 Å². The van der Waals surface area contributed by atoms with Crippen molar-refractivity contribution in [3.05, 3.63) is 187 Å². The minimum atomic E-state index is 1.13. The molecule has 1 heterocycles. The number of rotatable bonds is 4. The molecule has 9 rings (SSSR count). The normalized spacial score (nSPS) is 12.1. The van der Waals surface area contributed by atoms with E-state index in [9.17, 15) is 0 Å². The van der Waals surface area contributed by atoms with E-state index < -0.39 is 0 Å². The number of nitrogens with zero attached hydrogens (tertiary/aromatic N) is 1. The third-order valence-corrected chi connectivity index (χ3v) is 9.36. The van der Waals surface area contributed by atoms with Crippen LogP contribution in [0.25, 0.3) is 67.1 Å². The first-order chi connectivity index (χ1) is 23.3. The van der Waals surface area contributed by atoms with Crippen molar-refractivity contribution in [2.45, 2.75) is 0 Å². The summed E-state index contributed by atoms with van der Waals surface area (Å²) in [7, 11) is 0. The topological polar surface area (TPSA) is 3.24 Å². The van der Waals surface area contributed by atoms with Crippen LogP contribution >= 0.6 is 0 Å². The SMILES string of the molecule is C1=Cc2ccc(-c3cc4ccccc4cc3-c3ccccc3)cc2N(c2ccccc2)c2cc(-c3ccc4ccccc4c3)ccc21. The monoisotopic (exact) mass is 597 g/mol. The maximum Gasteiger partial charge on any atom is 0.0540 e. The first-order valence-electron chi connectivity index (χ1n) is 16.2. The first-order valence-corrected chi connectivity index (χ1v) is 16.2. The molecule has 8 aromatic carbocycles. The average Bonchev–Trinajstić information content (AvgIpc) is 3.31. The Labute approximate surface area is 275 Å². The molecule has 220 valence electrons. The molecule has 0 spiro atoms. The summed E-state index contributed by atoms with van der Waals surface area (Å²) in [5, 5.41) is 4.99. The largest absolute Gasteiger partial charge is 0.309 e. The van der Waals surface area contributed by atoms with Gasteiger partial charge in [0.15, 0.2) is 0 Å². The standard InChI is InChI=1S/C46H31N/c1-3-12-33(13-4-1)43-28-37-15-9-10-16-38(37)29-44(43)41-26-23-35-21-20-34-22-25-40(39-24-19-32-11-7-8-14-36(32)27-39)30-45(34)47(46(35)31-41)42-17-5-2-6-18-42/h1-31H. The van der Waals surface area contributed by atoms with Crippen molar-refractivity contribution in [1.29, 1.82) is 0 Å². The van der Waals surface area contributed by atoms with Crippen LogP contribution in [0.15, 0.2) is 176 Å². The Morgan fingerprint density at radius 3 is 1.43 bits per heavy atom. The van der Waals surface area contributed by atoms with Gasteiger partial charge in [-0.25, -0.2) is 0 Å². The fourth-order valence-corrected chi connectivity index (χ4v) is 6.97. The van der Waals surface area contributed by atoms with Gasteiger partial charge in [-0.3, -0.25) is 0 Å². The zero-order chi connectivity index (χ0) is 31.2. The summed E-state index contributed by atoms with van der Waals surface area (Å²) >= 11 is 0. The molecule has 0 saturated heterocycles. The molecule has 0 aliphatic carbocycles. The molecule has 1 nitrogen and oxygen atoms in total. The predicted octanol–water partition coefficient (Wildman–Crippen LogP) is 12.9. The molecule has 0 bridgehead atoms. The van der Waals surface area contributed by atoms with E-state index in [0.29, 0.717) is 0 Å². The van der Waals surface area contributed by atoms with Gasteiger partial charge >= 0.3 is 0 Å². The van der Waals surface area contributed by atoms with Crippen molar-refractivity contribution in [1.82, 2.24) is 0 Å². The van der Waals surface area contributed by atoms with Gasteiger partial charge in [-0.1, -0.05) is 146 Å². The van der Waals surface area contributed by atoms with E-state index in [2.05, 4.69) is 193 Å². The van der Waals surface area contributed by atoms with Gasteiger partial charge in [0.25, 0.3) is 0 Å². The number of fused-ring (bicyclic) bond motifs is 4. The third kappa shape index (κ3) is 4.90. The van der Waals surface area contributed by atoms with E-state index in [1.54, 1.807) is 0 Å². The minimum Gasteiger partial charge on any atom is -0.309 e. The van der Waals surface area contributed by atoms with Gasteiger partial charge in [0, 0.05) is 5.69 Å². The number of anilines is 3. The summed E-state index contributed by atoms with van der Waals surface area (Å²) in [5.74, 6) is 0. The number of benzene rings is 8. The Morgan fingerprint density at radius 1 is 0.298 bits per heavy atom. The zero-order valence-corrected chi connectivity index (χ0v) is 25.8. The van der Waals surface area contributed by atoms with Gasteiger partial charge in [-0.15, -0.1) is 0 Å². The van der Waals surface area contributed by atoms with Crippen molar-refractivity contribution in [3.8, 4) is 33.4 Å². The molecule has 0 radical (unpaired) electrons. The second kappa shape index (κ2) is 11.3. The molecule has 1 heteroatoms. The molecule has 0 aromatic heterocycles. The smallest absolute Gasteiger partial charge is 0.0540 e. The summed E-state index contributed by atoms with van der Waals surface area (Å²) in [4.78, 5) is 2.43. The molecule has 0 N–H and O–H groups in total. The van der Waals surface area contributed by atoms with Crippen molar-refractivity contribution >= 4 is 50.8 Å². The maximum atomic E-state index is 2.43. The van der Waals surface area contributed by atoms with Gasteiger partial charge < -0.3 is 4.90 Å². The first kappa shape index (κ1) is 27.2. The van der Waals surface area contributed by atoms with Crippen LogP contribution in [0.2, 0.25) is 0 Å². The zero-order valence-electron chi connectivity index (χ0n) is 25.8. The number of hydrogen-bond donors (Lipinski definition) is 0. The Kier molecular flexibility index (Phi) is 6.54. The molecule has 0 unspecified atom stereocenters. The molecule has 0 atom stereocenters. The highest BCUT2D eigenvalue weighted by atomic mass is 15.1. The molecule has 1 aliphatic rings. The summed E-state index contributed by atoms with van der Waals surface area (Å²) in [6.07, 6.45) is 4.52. The highest BCUT2D eigenvalue weighted by Gasteiger charge is 2.22. The van der Waals surface area contributed by atoms with Crippen LogP contribution in [0.4, 0.5) is 17.1 Å². The van der Waals surface area contributed by atoms with Crippen molar-refractivity contribution < 1.29 is 0 Å². The van der Waals surface area contributed by atoms with Crippen molar-refractivity contribution in [3.63, 3.8) is 0 Å². The number of hydrogen-bond acceptors (Lipinski definition) is 1.